The molecule has 0 amide bonds. The zero-order valence-corrected chi connectivity index (χ0v) is 9.44. The third-order valence-corrected chi connectivity index (χ3v) is 3.12. The van der Waals surface area contributed by atoms with Crippen LogP contribution in [0, 0.1) is 12.8 Å². The van der Waals surface area contributed by atoms with E-state index in [9.17, 15) is 5.11 Å². The van der Waals surface area contributed by atoms with E-state index in [2.05, 4.69) is 14.9 Å². The molecule has 0 aliphatic carbocycles. The van der Waals surface area contributed by atoms with Crippen LogP contribution in [0.15, 0.2) is 12.4 Å². The summed E-state index contributed by atoms with van der Waals surface area (Å²) in [5.41, 5.74) is 0.416. The Labute approximate surface area is 90.0 Å². The van der Waals surface area contributed by atoms with Crippen molar-refractivity contribution in [2.75, 3.05) is 18.0 Å². The number of β-amino-alcohol motifs (C(OH)–C–C–N with tert-alkyl or cyclic N) is 1. The topological polar surface area (TPSA) is 49.2 Å². The number of hydrogen-bond donors (Lipinski definition) is 1. The van der Waals surface area contributed by atoms with Crippen LogP contribution >= 0.6 is 0 Å². The summed E-state index contributed by atoms with van der Waals surface area (Å²) in [4.78, 5) is 10.3. The second-order valence-corrected chi connectivity index (χ2v) is 4.63. The summed E-state index contributed by atoms with van der Waals surface area (Å²) in [6, 6.07) is 1.94. The lowest BCUT2D eigenvalue weighted by Crippen LogP contribution is -2.65. The van der Waals surface area contributed by atoms with Crippen molar-refractivity contribution in [2.24, 2.45) is 5.92 Å². The van der Waals surface area contributed by atoms with E-state index in [-0.39, 0.29) is 5.92 Å². The fraction of sp³-hybridized carbons (Fsp3) is 0.636. The quantitative estimate of drug-likeness (QED) is 0.785. The molecule has 1 fully saturated rings. The van der Waals surface area contributed by atoms with Crippen LogP contribution in [-0.4, -0.2) is 33.8 Å². The summed E-state index contributed by atoms with van der Waals surface area (Å²) in [5, 5.41) is 10.1. The molecule has 0 atom stereocenters. The van der Waals surface area contributed by atoms with E-state index in [0.717, 1.165) is 11.5 Å². The van der Waals surface area contributed by atoms with Crippen LogP contribution < -0.4 is 4.90 Å². The molecule has 1 aromatic heterocycles. The molecular formula is C11H17N3O. The summed E-state index contributed by atoms with van der Waals surface area (Å²) in [7, 11) is 0. The van der Waals surface area contributed by atoms with Gasteiger partial charge in [0.25, 0.3) is 0 Å². The van der Waals surface area contributed by atoms with Gasteiger partial charge in [0, 0.05) is 11.8 Å². The minimum Gasteiger partial charge on any atom is -0.386 e. The molecule has 1 saturated heterocycles. The highest BCUT2D eigenvalue weighted by atomic mass is 16.3. The molecule has 0 radical (unpaired) electrons. The molecular weight excluding hydrogens is 190 g/mol. The third kappa shape index (κ3) is 1.81. The molecule has 0 unspecified atom stereocenters. The van der Waals surface area contributed by atoms with E-state index >= 15 is 0 Å². The van der Waals surface area contributed by atoms with Gasteiger partial charge in [-0.3, -0.25) is 0 Å². The molecule has 1 N–H and O–H groups in total. The van der Waals surface area contributed by atoms with Crippen molar-refractivity contribution in [1.82, 2.24) is 9.97 Å². The van der Waals surface area contributed by atoms with Gasteiger partial charge >= 0.3 is 0 Å². The van der Waals surface area contributed by atoms with Crippen LogP contribution in [0.25, 0.3) is 0 Å². The highest BCUT2D eigenvalue weighted by Gasteiger charge is 2.44. The van der Waals surface area contributed by atoms with E-state index in [0.29, 0.717) is 13.1 Å². The monoisotopic (exact) mass is 207 g/mol. The van der Waals surface area contributed by atoms with Gasteiger partial charge in [-0.1, -0.05) is 13.8 Å². The average Bonchev–Trinajstić information content (AvgIpc) is 2.12. The van der Waals surface area contributed by atoms with Gasteiger partial charge in [0.2, 0.25) is 0 Å². The van der Waals surface area contributed by atoms with Crippen molar-refractivity contribution in [1.29, 1.82) is 0 Å². The number of aryl methyl sites for hydroxylation is 1. The van der Waals surface area contributed by atoms with Gasteiger partial charge in [-0.05, 0) is 12.8 Å². The summed E-state index contributed by atoms with van der Waals surface area (Å²) >= 11 is 0. The van der Waals surface area contributed by atoms with Crippen molar-refractivity contribution in [3.05, 3.63) is 18.1 Å². The first kappa shape index (κ1) is 10.4. The molecule has 0 aromatic carbocycles. The molecule has 0 spiro atoms. The number of anilines is 1. The molecule has 1 aliphatic heterocycles. The van der Waals surface area contributed by atoms with Crippen molar-refractivity contribution in [2.45, 2.75) is 26.4 Å². The standard InChI is InChI=1S/C11H17N3O/c1-8(2)11(15)5-14(6-11)10-4-9(3)12-7-13-10/h4,7-8,15H,5-6H2,1-3H3. The van der Waals surface area contributed by atoms with Gasteiger partial charge in [0.15, 0.2) is 0 Å². The number of aromatic nitrogens is 2. The van der Waals surface area contributed by atoms with Crippen molar-refractivity contribution < 1.29 is 5.11 Å². The largest absolute Gasteiger partial charge is 0.386 e. The Balaban J connectivity index is 2.06. The van der Waals surface area contributed by atoms with Gasteiger partial charge in [0.05, 0.1) is 13.1 Å². The molecule has 4 nitrogen and oxygen atoms in total. The number of aliphatic hydroxyl groups is 1. The lowest BCUT2D eigenvalue weighted by molar-refractivity contribution is -0.0304. The molecule has 0 saturated carbocycles. The molecule has 1 aromatic rings. The molecule has 2 rings (SSSR count). The summed E-state index contributed by atoms with van der Waals surface area (Å²) in [5.74, 6) is 1.20. The minimum atomic E-state index is -0.543. The van der Waals surface area contributed by atoms with Crippen molar-refractivity contribution in [3.63, 3.8) is 0 Å². The van der Waals surface area contributed by atoms with Gasteiger partial charge in [0.1, 0.15) is 17.7 Å². The lowest BCUT2D eigenvalue weighted by atomic mass is 9.83. The highest BCUT2D eigenvalue weighted by molar-refractivity contribution is 5.44. The van der Waals surface area contributed by atoms with Crippen LogP contribution in [0.2, 0.25) is 0 Å². The van der Waals surface area contributed by atoms with Crippen LogP contribution in [0.5, 0.6) is 0 Å². The van der Waals surface area contributed by atoms with Gasteiger partial charge < -0.3 is 10.0 Å². The fourth-order valence-corrected chi connectivity index (χ4v) is 1.76. The Morgan fingerprint density at radius 2 is 2.07 bits per heavy atom. The highest BCUT2D eigenvalue weighted by Crippen LogP contribution is 2.31. The minimum absolute atomic E-state index is 0.289. The van der Waals surface area contributed by atoms with Crippen molar-refractivity contribution in [3.8, 4) is 0 Å². The predicted octanol–water partition coefficient (Wildman–Crippen LogP) is 0.992. The summed E-state index contributed by atoms with van der Waals surface area (Å²) in [6.45, 7) is 7.37. The zero-order valence-electron chi connectivity index (χ0n) is 9.44. The molecule has 15 heavy (non-hydrogen) atoms. The Morgan fingerprint density at radius 1 is 1.40 bits per heavy atom. The maximum absolute atomic E-state index is 10.1. The normalized spacial score (nSPS) is 19.1. The Bertz CT molecular complexity index is 359. The van der Waals surface area contributed by atoms with Crippen LogP contribution in [0.1, 0.15) is 19.5 Å². The van der Waals surface area contributed by atoms with Gasteiger partial charge in [-0.2, -0.15) is 0 Å². The summed E-state index contributed by atoms with van der Waals surface area (Å²) in [6.07, 6.45) is 1.57. The number of rotatable bonds is 2. The van der Waals surface area contributed by atoms with E-state index in [1.165, 1.54) is 0 Å². The molecule has 2 heterocycles. The molecule has 1 aliphatic rings. The lowest BCUT2D eigenvalue weighted by Gasteiger charge is -2.49. The maximum Gasteiger partial charge on any atom is 0.132 e. The zero-order chi connectivity index (χ0) is 11.1. The fourth-order valence-electron chi connectivity index (χ4n) is 1.76. The first-order valence-corrected chi connectivity index (χ1v) is 5.27. The van der Waals surface area contributed by atoms with Gasteiger partial charge in [-0.25, -0.2) is 9.97 Å². The SMILES string of the molecule is Cc1cc(N2CC(O)(C(C)C)C2)ncn1. The maximum atomic E-state index is 10.1. The molecule has 4 heteroatoms. The number of hydrogen-bond acceptors (Lipinski definition) is 4. The third-order valence-electron chi connectivity index (χ3n) is 3.12. The Hall–Kier alpha value is -1.16. The van der Waals surface area contributed by atoms with E-state index in [4.69, 9.17) is 0 Å². The number of nitrogens with zero attached hydrogens (tertiary/aromatic N) is 3. The predicted molar refractivity (Wildman–Crippen MR) is 58.8 cm³/mol. The second-order valence-electron chi connectivity index (χ2n) is 4.63. The smallest absolute Gasteiger partial charge is 0.132 e. The first-order chi connectivity index (χ1) is 7.01. The van der Waals surface area contributed by atoms with E-state index in [1.807, 2.05) is 26.8 Å². The van der Waals surface area contributed by atoms with Gasteiger partial charge in [-0.15, -0.1) is 0 Å². The molecule has 82 valence electrons. The van der Waals surface area contributed by atoms with E-state index < -0.39 is 5.60 Å². The molecule has 0 bridgehead atoms. The van der Waals surface area contributed by atoms with Crippen molar-refractivity contribution >= 4 is 5.82 Å². The Morgan fingerprint density at radius 3 is 2.60 bits per heavy atom. The average molecular weight is 207 g/mol. The first-order valence-electron chi connectivity index (χ1n) is 5.27. The summed E-state index contributed by atoms with van der Waals surface area (Å²) < 4.78 is 0. The second kappa shape index (κ2) is 3.45. The van der Waals surface area contributed by atoms with E-state index in [1.54, 1.807) is 6.33 Å². The van der Waals surface area contributed by atoms with Crippen LogP contribution in [0.4, 0.5) is 5.82 Å². The van der Waals surface area contributed by atoms with Crippen LogP contribution in [-0.2, 0) is 0 Å². The Kier molecular flexibility index (Phi) is 2.38. The van der Waals surface area contributed by atoms with Crippen LogP contribution in [0.3, 0.4) is 0 Å².